The van der Waals surface area contributed by atoms with E-state index < -0.39 is 11.7 Å². The number of hydrogen-bond donors (Lipinski definition) is 0. The van der Waals surface area contributed by atoms with Crippen LogP contribution in [-0.2, 0) is 6.18 Å². The number of halogens is 4. The summed E-state index contributed by atoms with van der Waals surface area (Å²) in [7, 11) is 0. The molecular weight excluding hydrogens is 347 g/mol. The molecule has 0 aliphatic carbocycles. The molecule has 0 atom stereocenters. The Balaban J connectivity index is 2.03. The van der Waals surface area contributed by atoms with Gasteiger partial charge in [-0.3, -0.25) is 0 Å². The number of rotatable bonds is 2. The van der Waals surface area contributed by atoms with Crippen LogP contribution in [0.1, 0.15) is 11.1 Å². The lowest BCUT2D eigenvalue weighted by molar-refractivity contribution is -0.137. The molecule has 0 radical (unpaired) electrons. The molecule has 0 N–H and O–H groups in total. The zero-order chi connectivity index (χ0) is 16.6. The van der Waals surface area contributed by atoms with E-state index in [4.69, 9.17) is 11.6 Å². The van der Waals surface area contributed by atoms with Crippen molar-refractivity contribution in [2.45, 2.75) is 11.3 Å². The molecule has 1 aromatic heterocycles. The maximum atomic E-state index is 12.7. The summed E-state index contributed by atoms with van der Waals surface area (Å²) < 4.78 is 38.1. The predicted molar refractivity (Wildman–Crippen MR) is 86.3 cm³/mol. The van der Waals surface area contributed by atoms with Gasteiger partial charge in [0.2, 0.25) is 0 Å². The predicted octanol–water partition coefficient (Wildman–Crippen LogP) is 5.04. The van der Waals surface area contributed by atoms with Gasteiger partial charge in [-0.05, 0) is 30.5 Å². The molecule has 2 heterocycles. The first kappa shape index (κ1) is 16.1. The normalized spacial score (nSPS) is 14.0. The number of aromatic nitrogens is 2. The zero-order valence-electron chi connectivity index (χ0n) is 11.9. The van der Waals surface area contributed by atoms with Crippen LogP contribution in [-0.4, -0.2) is 22.8 Å². The molecule has 0 saturated carbocycles. The second-order valence-electron chi connectivity index (χ2n) is 4.80. The fourth-order valence-electron chi connectivity index (χ4n) is 2.27. The summed E-state index contributed by atoms with van der Waals surface area (Å²) in [5.41, 5.74) is 0.598. The van der Waals surface area contributed by atoms with E-state index in [1.165, 1.54) is 23.9 Å². The van der Waals surface area contributed by atoms with Crippen molar-refractivity contribution in [2.75, 3.05) is 17.7 Å². The SMILES string of the molecule is CSc1nc(Cl)c2c(n1)N(c1ccc(C(F)(F)F)cc1)CC=C2. The highest BCUT2D eigenvalue weighted by Crippen LogP contribution is 2.36. The third-order valence-electron chi connectivity index (χ3n) is 3.38. The Morgan fingerprint density at radius 3 is 2.48 bits per heavy atom. The van der Waals surface area contributed by atoms with Gasteiger partial charge in [-0.1, -0.05) is 35.5 Å². The van der Waals surface area contributed by atoms with Crippen molar-refractivity contribution >= 4 is 40.9 Å². The summed E-state index contributed by atoms with van der Waals surface area (Å²) >= 11 is 7.53. The first-order chi connectivity index (χ1) is 10.9. The minimum atomic E-state index is -4.35. The van der Waals surface area contributed by atoms with Crippen molar-refractivity contribution in [2.24, 2.45) is 0 Å². The van der Waals surface area contributed by atoms with Crippen LogP contribution in [0.4, 0.5) is 24.7 Å². The summed E-state index contributed by atoms with van der Waals surface area (Å²) in [4.78, 5) is 10.4. The van der Waals surface area contributed by atoms with E-state index in [0.29, 0.717) is 33.9 Å². The Morgan fingerprint density at radius 2 is 1.87 bits per heavy atom. The maximum Gasteiger partial charge on any atom is 0.416 e. The van der Waals surface area contributed by atoms with Gasteiger partial charge >= 0.3 is 6.18 Å². The van der Waals surface area contributed by atoms with Crippen molar-refractivity contribution in [1.82, 2.24) is 9.97 Å². The van der Waals surface area contributed by atoms with E-state index in [0.717, 1.165) is 12.1 Å². The second-order valence-corrected chi connectivity index (χ2v) is 5.93. The standard InChI is InChI=1S/C15H11ClF3N3S/c1-23-14-20-12(16)11-3-2-8-22(13(11)21-14)10-6-4-9(5-7-10)15(17,18)19/h2-7H,8H2,1H3. The fraction of sp³-hybridized carbons (Fsp3) is 0.200. The van der Waals surface area contributed by atoms with Gasteiger partial charge in [-0.25, -0.2) is 9.97 Å². The Labute approximate surface area is 140 Å². The number of thioether (sulfide) groups is 1. The van der Waals surface area contributed by atoms with Gasteiger partial charge in [0, 0.05) is 12.2 Å². The first-order valence-electron chi connectivity index (χ1n) is 6.63. The van der Waals surface area contributed by atoms with E-state index in [9.17, 15) is 13.2 Å². The van der Waals surface area contributed by atoms with Crippen LogP contribution in [0.2, 0.25) is 5.15 Å². The smallest absolute Gasteiger partial charge is 0.322 e. The molecule has 120 valence electrons. The molecule has 0 amide bonds. The highest BCUT2D eigenvalue weighted by atomic mass is 35.5. The number of alkyl halides is 3. The molecule has 0 spiro atoms. The molecule has 0 saturated heterocycles. The van der Waals surface area contributed by atoms with Gasteiger partial charge in [0.25, 0.3) is 0 Å². The molecule has 3 rings (SSSR count). The molecular formula is C15H11ClF3N3S. The van der Waals surface area contributed by atoms with Gasteiger partial charge in [0.1, 0.15) is 11.0 Å². The molecule has 23 heavy (non-hydrogen) atoms. The Hall–Kier alpha value is -1.73. The Morgan fingerprint density at radius 1 is 1.17 bits per heavy atom. The monoisotopic (exact) mass is 357 g/mol. The molecule has 0 fully saturated rings. The lowest BCUT2D eigenvalue weighted by Gasteiger charge is -2.27. The molecule has 2 aromatic rings. The van der Waals surface area contributed by atoms with Crippen molar-refractivity contribution in [3.63, 3.8) is 0 Å². The number of benzene rings is 1. The minimum absolute atomic E-state index is 0.326. The van der Waals surface area contributed by atoms with E-state index >= 15 is 0 Å². The van der Waals surface area contributed by atoms with Crippen LogP contribution in [0.5, 0.6) is 0 Å². The van der Waals surface area contributed by atoms with Crippen LogP contribution in [0.15, 0.2) is 35.5 Å². The molecule has 1 aromatic carbocycles. The Bertz CT molecular complexity index is 760. The summed E-state index contributed by atoms with van der Waals surface area (Å²) in [5.74, 6) is 0.594. The summed E-state index contributed by atoms with van der Waals surface area (Å²) in [6.45, 7) is 0.500. The zero-order valence-corrected chi connectivity index (χ0v) is 13.5. The van der Waals surface area contributed by atoms with Crippen molar-refractivity contribution in [1.29, 1.82) is 0 Å². The molecule has 0 bridgehead atoms. The van der Waals surface area contributed by atoms with Crippen molar-refractivity contribution in [3.05, 3.63) is 46.6 Å². The minimum Gasteiger partial charge on any atom is -0.322 e. The van der Waals surface area contributed by atoms with Crippen LogP contribution in [0.3, 0.4) is 0 Å². The molecule has 0 unspecified atom stereocenters. The number of fused-ring (bicyclic) bond motifs is 1. The van der Waals surface area contributed by atoms with Crippen LogP contribution in [0.25, 0.3) is 6.08 Å². The maximum absolute atomic E-state index is 12.7. The summed E-state index contributed by atoms with van der Waals surface area (Å²) in [6.07, 6.45) is 1.17. The fourth-order valence-corrected chi connectivity index (χ4v) is 2.91. The summed E-state index contributed by atoms with van der Waals surface area (Å²) in [5, 5.41) is 0.841. The topological polar surface area (TPSA) is 29.0 Å². The molecule has 8 heteroatoms. The number of hydrogen-bond acceptors (Lipinski definition) is 4. The average Bonchev–Trinajstić information content (AvgIpc) is 2.53. The summed E-state index contributed by atoms with van der Waals surface area (Å²) in [6, 6.07) is 4.98. The van der Waals surface area contributed by atoms with Crippen LogP contribution < -0.4 is 4.90 Å². The van der Waals surface area contributed by atoms with E-state index in [1.54, 1.807) is 0 Å². The molecule has 1 aliphatic rings. The molecule has 3 nitrogen and oxygen atoms in total. The number of nitrogens with zero attached hydrogens (tertiary/aromatic N) is 3. The Kier molecular flexibility index (Phi) is 4.25. The van der Waals surface area contributed by atoms with Crippen molar-refractivity contribution < 1.29 is 13.2 Å². The van der Waals surface area contributed by atoms with Gasteiger partial charge < -0.3 is 4.90 Å². The highest BCUT2D eigenvalue weighted by Gasteiger charge is 2.30. The largest absolute Gasteiger partial charge is 0.416 e. The van der Waals surface area contributed by atoms with Gasteiger partial charge in [0.15, 0.2) is 5.16 Å². The third kappa shape index (κ3) is 3.16. The highest BCUT2D eigenvalue weighted by molar-refractivity contribution is 7.98. The van der Waals surface area contributed by atoms with Gasteiger partial charge in [-0.15, -0.1) is 0 Å². The lowest BCUT2D eigenvalue weighted by atomic mass is 10.1. The second kappa shape index (κ2) is 6.05. The van der Waals surface area contributed by atoms with E-state index in [2.05, 4.69) is 9.97 Å². The number of anilines is 2. The van der Waals surface area contributed by atoms with Gasteiger partial charge in [-0.2, -0.15) is 13.2 Å². The first-order valence-corrected chi connectivity index (χ1v) is 8.23. The van der Waals surface area contributed by atoms with E-state index in [1.807, 2.05) is 23.3 Å². The van der Waals surface area contributed by atoms with Crippen LogP contribution >= 0.6 is 23.4 Å². The third-order valence-corrected chi connectivity index (χ3v) is 4.21. The van der Waals surface area contributed by atoms with E-state index in [-0.39, 0.29) is 0 Å². The lowest BCUT2D eigenvalue weighted by Crippen LogP contribution is -2.22. The quantitative estimate of drug-likeness (QED) is 0.428. The van der Waals surface area contributed by atoms with Crippen molar-refractivity contribution in [3.8, 4) is 0 Å². The molecule has 1 aliphatic heterocycles. The van der Waals surface area contributed by atoms with Crippen LogP contribution in [0, 0.1) is 0 Å². The average molecular weight is 358 g/mol. The van der Waals surface area contributed by atoms with Gasteiger partial charge in [0.05, 0.1) is 11.1 Å².